The molecular weight excluding hydrogens is 382 g/mol. The zero-order valence-corrected chi connectivity index (χ0v) is 15.0. The molecule has 1 heterocycles. The molecule has 0 unspecified atom stereocenters. The Morgan fingerprint density at radius 1 is 1.08 bits per heavy atom. The lowest BCUT2D eigenvalue weighted by Crippen LogP contribution is -2.32. The monoisotopic (exact) mass is 397 g/mol. The second kappa shape index (κ2) is 6.80. The smallest absolute Gasteiger partial charge is 0.254 e. The van der Waals surface area contributed by atoms with Gasteiger partial charge in [-0.3, -0.25) is 4.79 Å². The van der Waals surface area contributed by atoms with Crippen molar-refractivity contribution < 1.29 is 9.21 Å². The molecule has 0 atom stereocenters. The second-order valence-electron chi connectivity index (χ2n) is 6.01. The SMILES string of the molecule is O=C(c1ccccc1)N(Cc1nnc(-c2ccccc2Br)o1)C1CC1. The lowest BCUT2D eigenvalue weighted by Gasteiger charge is -2.20. The third-order valence-corrected chi connectivity index (χ3v) is 4.84. The molecule has 3 aromatic rings. The molecule has 25 heavy (non-hydrogen) atoms. The van der Waals surface area contributed by atoms with Gasteiger partial charge in [-0.05, 0) is 53.0 Å². The van der Waals surface area contributed by atoms with Gasteiger partial charge in [0.25, 0.3) is 5.91 Å². The van der Waals surface area contributed by atoms with Gasteiger partial charge in [-0.2, -0.15) is 0 Å². The van der Waals surface area contributed by atoms with Crippen LogP contribution in [0.5, 0.6) is 0 Å². The molecule has 1 saturated carbocycles. The van der Waals surface area contributed by atoms with E-state index in [4.69, 9.17) is 4.42 Å². The van der Waals surface area contributed by atoms with Gasteiger partial charge in [-0.15, -0.1) is 10.2 Å². The van der Waals surface area contributed by atoms with Crippen LogP contribution in [0.4, 0.5) is 0 Å². The molecule has 1 aliphatic rings. The van der Waals surface area contributed by atoms with Crippen LogP contribution in [0.25, 0.3) is 11.5 Å². The fourth-order valence-electron chi connectivity index (χ4n) is 2.71. The van der Waals surface area contributed by atoms with Gasteiger partial charge in [-0.1, -0.05) is 30.3 Å². The Labute approximate surface area is 153 Å². The van der Waals surface area contributed by atoms with E-state index in [0.717, 1.165) is 22.9 Å². The van der Waals surface area contributed by atoms with E-state index >= 15 is 0 Å². The van der Waals surface area contributed by atoms with Crippen LogP contribution < -0.4 is 0 Å². The largest absolute Gasteiger partial charge is 0.419 e. The lowest BCUT2D eigenvalue weighted by molar-refractivity contribution is 0.0714. The lowest BCUT2D eigenvalue weighted by atomic mass is 10.2. The minimum Gasteiger partial charge on any atom is -0.419 e. The highest BCUT2D eigenvalue weighted by Crippen LogP contribution is 2.31. The summed E-state index contributed by atoms with van der Waals surface area (Å²) in [5, 5.41) is 8.26. The van der Waals surface area contributed by atoms with Crippen molar-refractivity contribution in [1.82, 2.24) is 15.1 Å². The zero-order chi connectivity index (χ0) is 17.2. The Kier molecular flexibility index (Phi) is 4.36. The molecule has 6 heteroatoms. The van der Waals surface area contributed by atoms with E-state index in [9.17, 15) is 4.79 Å². The van der Waals surface area contributed by atoms with Crippen LogP contribution >= 0.6 is 15.9 Å². The van der Waals surface area contributed by atoms with E-state index in [1.54, 1.807) is 0 Å². The third kappa shape index (κ3) is 3.49. The normalized spacial score (nSPS) is 13.6. The topological polar surface area (TPSA) is 59.2 Å². The molecule has 0 N–H and O–H groups in total. The van der Waals surface area contributed by atoms with Crippen LogP contribution in [0.15, 0.2) is 63.5 Å². The Morgan fingerprint density at radius 2 is 1.80 bits per heavy atom. The van der Waals surface area contributed by atoms with Crippen molar-refractivity contribution in [2.75, 3.05) is 0 Å². The van der Waals surface area contributed by atoms with Gasteiger partial charge < -0.3 is 9.32 Å². The molecule has 0 spiro atoms. The zero-order valence-electron chi connectivity index (χ0n) is 13.4. The van der Waals surface area contributed by atoms with Crippen LogP contribution in [0.2, 0.25) is 0 Å². The van der Waals surface area contributed by atoms with Crippen molar-refractivity contribution in [3.05, 3.63) is 70.5 Å². The molecule has 0 radical (unpaired) electrons. The molecule has 0 aliphatic heterocycles. The van der Waals surface area contributed by atoms with Crippen molar-refractivity contribution in [3.63, 3.8) is 0 Å². The molecule has 1 amide bonds. The number of rotatable bonds is 5. The van der Waals surface area contributed by atoms with Crippen molar-refractivity contribution >= 4 is 21.8 Å². The summed E-state index contributed by atoms with van der Waals surface area (Å²) in [5.74, 6) is 0.899. The number of halogens is 1. The standard InChI is InChI=1S/C19H16BrN3O2/c20-16-9-5-4-8-15(16)18-22-21-17(25-18)12-23(14-10-11-14)19(24)13-6-2-1-3-7-13/h1-9,14H,10-12H2. The maximum Gasteiger partial charge on any atom is 0.254 e. The number of hydrogen-bond acceptors (Lipinski definition) is 4. The summed E-state index contributed by atoms with van der Waals surface area (Å²) in [7, 11) is 0. The number of hydrogen-bond donors (Lipinski definition) is 0. The summed E-state index contributed by atoms with van der Waals surface area (Å²) in [6.07, 6.45) is 2.04. The van der Waals surface area contributed by atoms with Crippen LogP contribution in [-0.4, -0.2) is 27.0 Å². The second-order valence-corrected chi connectivity index (χ2v) is 6.87. The average Bonchev–Trinajstić information content (AvgIpc) is 3.39. The van der Waals surface area contributed by atoms with Gasteiger partial charge in [0, 0.05) is 16.1 Å². The van der Waals surface area contributed by atoms with Gasteiger partial charge in [-0.25, -0.2) is 0 Å². The number of benzene rings is 2. The van der Waals surface area contributed by atoms with Gasteiger partial charge in [0.15, 0.2) is 0 Å². The molecule has 1 aromatic heterocycles. The quantitative estimate of drug-likeness (QED) is 0.643. The van der Waals surface area contributed by atoms with E-state index in [-0.39, 0.29) is 11.9 Å². The van der Waals surface area contributed by atoms with Crippen LogP contribution in [0.1, 0.15) is 29.1 Å². The van der Waals surface area contributed by atoms with Gasteiger partial charge in [0.05, 0.1) is 12.1 Å². The van der Waals surface area contributed by atoms with Gasteiger partial charge in [0.2, 0.25) is 11.8 Å². The van der Waals surface area contributed by atoms with Gasteiger partial charge in [0.1, 0.15) is 0 Å². The van der Waals surface area contributed by atoms with Gasteiger partial charge >= 0.3 is 0 Å². The van der Waals surface area contributed by atoms with Crippen molar-refractivity contribution in [2.24, 2.45) is 0 Å². The molecule has 5 nitrogen and oxygen atoms in total. The highest BCUT2D eigenvalue weighted by Gasteiger charge is 2.34. The maximum absolute atomic E-state index is 12.8. The van der Waals surface area contributed by atoms with E-state index in [1.807, 2.05) is 59.5 Å². The predicted octanol–water partition coefficient (Wildman–Crippen LogP) is 4.30. The first-order valence-electron chi connectivity index (χ1n) is 8.15. The van der Waals surface area contributed by atoms with Crippen LogP contribution in [0, 0.1) is 0 Å². The Bertz CT molecular complexity index is 890. The highest BCUT2D eigenvalue weighted by atomic mass is 79.9. The Hall–Kier alpha value is -2.47. The Morgan fingerprint density at radius 3 is 2.52 bits per heavy atom. The average molecular weight is 398 g/mol. The number of amides is 1. The van der Waals surface area contributed by atoms with E-state index in [0.29, 0.717) is 23.9 Å². The maximum atomic E-state index is 12.8. The minimum absolute atomic E-state index is 0.00346. The molecular formula is C19H16BrN3O2. The number of nitrogens with zero attached hydrogens (tertiary/aromatic N) is 3. The first-order chi connectivity index (χ1) is 12.2. The van der Waals surface area contributed by atoms with Crippen molar-refractivity contribution in [3.8, 4) is 11.5 Å². The fourth-order valence-corrected chi connectivity index (χ4v) is 3.16. The summed E-state index contributed by atoms with van der Waals surface area (Å²) < 4.78 is 6.69. The highest BCUT2D eigenvalue weighted by molar-refractivity contribution is 9.10. The summed E-state index contributed by atoms with van der Waals surface area (Å²) in [6.45, 7) is 0.329. The molecule has 0 bridgehead atoms. The number of carbonyl (C=O) groups is 1. The van der Waals surface area contributed by atoms with Crippen LogP contribution in [0.3, 0.4) is 0 Å². The molecule has 0 saturated heterocycles. The van der Waals surface area contributed by atoms with Crippen molar-refractivity contribution in [1.29, 1.82) is 0 Å². The molecule has 1 aliphatic carbocycles. The first-order valence-corrected chi connectivity index (χ1v) is 8.95. The Balaban J connectivity index is 1.56. The number of carbonyl (C=O) groups excluding carboxylic acids is 1. The summed E-state index contributed by atoms with van der Waals surface area (Å²) in [4.78, 5) is 14.6. The number of aromatic nitrogens is 2. The van der Waals surface area contributed by atoms with Crippen molar-refractivity contribution in [2.45, 2.75) is 25.4 Å². The van der Waals surface area contributed by atoms with E-state index in [2.05, 4.69) is 26.1 Å². The molecule has 2 aromatic carbocycles. The van der Waals surface area contributed by atoms with E-state index < -0.39 is 0 Å². The fraction of sp³-hybridized carbons (Fsp3) is 0.211. The summed E-state index contributed by atoms with van der Waals surface area (Å²) in [6, 6.07) is 17.2. The molecule has 4 rings (SSSR count). The minimum atomic E-state index is 0.00346. The first kappa shape index (κ1) is 16.0. The van der Waals surface area contributed by atoms with E-state index in [1.165, 1.54) is 0 Å². The summed E-state index contributed by atoms with van der Waals surface area (Å²) >= 11 is 3.49. The summed E-state index contributed by atoms with van der Waals surface area (Å²) in [5.41, 5.74) is 1.52. The third-order valence-electron chi connectivity index (χ3n) is 4.15. The predicted molar refractivity (Wildman–Crippen MR) is 96.8 cm³/mol. The molecule has 1 fully saturated rings. The van der Waals surface area contributed by atoms with Crippen LogP contribution in [-0.2, 0) is 6.54 Å². The molecule has 126 valence electrons.